The highest BCUT2D eigenvalue weighted by atomic mass is 35.5. The molecule has 188 valence electrons. The Balaban J connectivity index is 1.50. The minimum absolute atomic E-state index is 0.0397. The van der Waals surface area contributed by atoms with Crippen molar-refractivity contribution in [2.75, 3.05) is 26.2 Å². The fraction of sp³-hybridized carbons (Fsp3) is 0.500. The molecule has 2 aromatic rings. The first-order chi connectivity index (χ1) is 17.0. The molecule has 0 unspecified atom stereocenters. The lowest BCUT2D eigenvalue weighted by atomic mass is 9.98. The van der Waals surface area contributed by atoms with E-state index in [2.05, 4.69) is 29.0 Å². The van der Waals surface area contributed by atoms with E-state index in [1.807, 2.05) is 36.4 Å². The Morgan fingerprint density at radius 2 is 1.91 bits per heavy atom. The van der Waals surface area contributed by atoms with E-state index in [4.69, 9.17) is 16.3 Å². The Morgan fingerprint density at radius 3 is 2.54 bits per heavy atom. The van der Waals surface area contributed by atoms with Gasteiger partial charge < -0.3 is 19.9 Å². The predicted octanol–water partition coefficient (Wildman–Crippen LogP) is 5.12. The van der Waals surface area contributed by atoms with E-state index in [-0.39, 0.29) is 17.5 Å². The van der Waals surface area contributed by atoms with Gasteiger partial charge in [-0.15, -0.1) is 0 Å². The topological polar surface area (TPSA) is 74.4 Å². The van der Waals surface area contributed by atoms with E-state index in [1.54, 1.807) is 0 Å². The number of pyridine rings is 1. The molecule has 1 aromatic carbocycles. The van der Waals surface area contributed by atoms with Crippen molar-refractivity contribution in [2.45, 2.75) is 64.3 Å². The summed E-state index contributed by atoms with van der Waals surface area (Å²) in [4.78, 5) is 30.0. The first-order valence-corrected chi connectivity index (χ1v) is 13.3. The van der Waals surface area contributed by atoms with Crippen LogP contribution in [0.5, 0.6) is 5.75 Å². The number of aromatic amines is 1. The zero-order valence-electron chi connectivity index (χ0n) is 20.7. The number of benzene rings is 1. The lowest BCUT2D eigenvalue weighted by Gasteiger charge is -2.17. The summed E-state index contributed by atoms with van der Waals surface area (Å²) in [6, 6.07) is 9.55. The van der Waals surface area contributed by atoms with E-state index in [1.165, 1.54) is 0 Å². The first-order valence-electron chi connectivity index (χ1n) is 12.9. The lowest BCUT2D eigenvalue weighted by Crippen LogP contribution is -2.24. The Bertz CT molecular complexity index is 1120. The molecule has 1 aromatic heterocycles. The summed E-state index contributed by atoms with van der Waals surface area (Å²) < 4.78 is 5.96. The van der Waals surface area contributed by atoms with Crippen LogP contribution in [0.3, 0.4) is 0 Å². The van der Waals surface area contributed by atoms with Crippen LogP contribution in [-0.2, 0) is 4.79 Å². The van der Waals surface area contributed by atoms with E-state index < -0.39 is 0 Å². The Labute approximate surface area is 212 Å². The number of amides is 1. The molecule has 2 fully saturated rings. The van der Waals surface area contributed by atoms with Gasteiger partial charge in [0, 0.05) is 29.3 Å². The van der Waals surface area contributed by atoms with E-state index in [0.717, 1.165) is 74.1 Å². The maximum atomic E-state index is 12.7. The minimum Gasteiger partial charge on any atom is -0.492 e. The van der Waals surface area contributed by atoms with Gasteiger partial charge in [-0.05, 0) is 81.4 Å². The number of rotatable bonds is 12. The van der Waals surface area contributed by atoms with E-state index >= 15 is 0 Å². The molecule has 0 radical (unpaired) electrons. The van der Waals surface area contributed by atoms with Gasteiger partial charge >= 0.3 is 0 Å². The van der Waals surface area contributed by atoms with Crippen molar-refractivity contribution in [3.8, 4) is 5.75 Å². The van der Waals surface area contributed by atoms with Crippen LogP contribution in [-0.4, -0.2) is 48.1 Å². The van der Waals surface area contributed by atoms with Crippen LogP contribution in [0.1, 0.15) is 75.1 Å². The summed E-state index contributed by atoms with van der Waals surface area (Å²) in [7, 11) is 0. The second-order valence-corrected chi connectivity index (χ2v) is 9.86. The van der Waals surface area contributed by atoms with Crippen LogP contribution in [0.2, 0.25) is 5.02 Å². The molecule has 7 heteroatoms. The molecule has 1 saturated heterocycles. The summed E-state index contributed by atoms with van der Waals surface area (Å²) >= 11 is 6.61. The molecule has 2 heterocycles. The van der Waals surface area contributed by atoms with Crippen molar-refractivity contribution in [3.63, 3.8) is 0 Å². The van der Waals surface area contributed by atoms with Crippen LogP contribution >= 0.6 is 11.6 Å². The Kier molecular flexibility index (Phi) is 8.69. The maximum Gasteiger partial charge on any atom is 0.251 e. The standard InChI is InChI=1S/C28H36ClN3O3/c1-3-32(4-2)15-5-6-16-35-26-13-9-20(17-24(26)29)23(18-21-10-14-27(33)30-21)25-12-11-22(19-7-8-19)28(34)31-25/h9,11-13,17-19,21H,3-8,10,14-16H2,1-2H3,(H,30,33)(H,31,34)/t21-/m1/s1. The monoisotopic (exact) mass is 497 g/mol. The summed E-state index contributed by atoms with van der Waals surface area (Å²) in [6.07, 6.45) is 7.46. The number of carbonyl (C=O) groups excluding carboxylic acids is 1. The number of carbonyl (C=O) groups is 1. The number of nitrogens with one attached hydrogen (secondary N) is 2. The van der Waals surface area contributed by atoms with Crippen molar-refractivity contribution in [1.29, 1.82) is 0 Å². The van der Waals surface area contributed by atoms with Gasteiger partial charge in [-0.1, -0.05) is 43.7 Å². The van der Waals surface area contributed by atoms with E-state index in [9.17, 15) is 9.59 Å². The van der Waals surface area contributed by atoms with Gasteiger partial charge in [0.2, 0.25) is 5.91 Å². The van der Waals surface area contributed by atoms with E-state index in [0.29, 0.717) is 29.7 Å². The molecular weight excluding hydrogens is 462 g/mol. The molecule has 1 saturated carbocycles. The van der Waals surface area contributed by atoms with Crippen molar-refractivity contribution in [3.05, 3.63) is 68.6 Å². The zero-order chi connectivity index (χ0) is 24.8. The number of unbranched alkanes of at least 4 members (excludes halogenated alkanes) is 1. The van der Waals surface area contributed by atoms with Gasteiger partial charge in [0.1, 0.15) is 5.75 Å². The SMILES string of the molecule is CCN(CC)CCCCOc1ccc(C(=C[C@H]2CCC(=O)N2)c2ccc(C3CC3)c(=O)[nH]2)cc1Cl. The Morgan fingerprint density at radius 1 is 1.11 bits per heavy atom. The molecule has 6 nitrogen and oxygen atoms in total. The number of hydrogen-bond acceptors (Lipinski definition) is 4. The number of halogens is 1. The molecule has 2 aliphatic rings. The quantitative estimate of drug-likeness (QED) is 0.399. The smallest absolute Gasteiger partial charge is 0.251 e. The molecule has 2 N–H and O–H groups in total. The average molecular weight is 498 g/mol. The van der Waals surface area contributed by atoms with Gasteiger partial charge in [-0.25, -0.2) is 0 Å². The third-order valence-corrected chi connectivity index (χ3v) is 7.20. The highest BCUT2D eigenvalue weighted by Crippen LogP contribution is 2.38. The first kappa shape index (κ1) is 25.5. The summed E-state index contributed by atoms with van der Waals surface area (Å²) in [5.41, 5.74) is 3.26. The molecule has 35 heavy (non-hydrogen) atoms. The molecule has 0 bridgehead atoms. The predicted molar refractivity (Wildman–Crippen MR) is 141 cm³/mol. The van der Waals surface area contributed by atoms with Crippen LogP contribution in [0, 0.1) is 0 Å². The van der Waals surface area contributed by atoms with Crippen molar-refractivity contribution < 1.29 is 9.53 Å². The number of ether oxygens (including phenoxy) is 1. The molecule has 1 aliphatic heterocycles. The third kappa shape index (κ3) is 6.77. The second kappa shape index (κ2) is 11.9. The van der Waals surface area contributed by atoms with Gasteiger partial charge in [0.25, 0.3) is 5.56 Å². The van der Waals surface area contributed by atoms with Crippen LogP contribution in [0.25, 0.3) is 5.57 Å². The number of hydrogen-bond donors (Lipinski definition) is 2. The van der Waals surface area contributed by atoms with Gasteiger partial charge in [-0.2, -0.15) is 0 Å². The van der Waals surface area contributed by atoms with Gasteiger partial charge in [-0.3, -0.25) is 9.59 Å². The van der Waals surface area contributed by atoms with Crippen molar-refractivity contribution >= 4 is 23.1 Å². The van der Waals surface area contributed by atoms with Gasteiger partial charge in [0.05, 0.1) is 11.6 Å². The highest BCUT2D eigenvalue weighted by molar-refractivity contribution is 6.32. The summed E-state index contributed by atoms with van der Waals surface area (Å²) in [5, 5.41) is 3.52. The molecular formula is C28H36ClN3O3. The highest BCUT2D eigenvalue weighted by Gasteiger charge is 2.27. The fourth-order valence-corrected chi connectivity index (χ4v) is 4.84. The summed E-state index contributed by atoms with van der Waals surface area (Å²) in [6.45, 7) is 8.20. The fourth-order valence-electron chi connectivity index (χ4n) is 4.61. The normalized spacial score (nSPS) is 18.2. The summed E-state index contributed by atoms with van der Waals surface area (Å²) in [5.74, 6) is 1.09. The van der Waals surface area contributed by atoms with Crippen LogP contribution < -0.4 is 15.6 Å². The van der Waals surface area contributed by atoms with Crippen molar-refractivity contribution in [1.82, 2.24) is 15.2 Å². The average Bonchev–Trinajstić information content (AvgIpc) is 3.61. The molecule has 1 aliphatic carbocycles. The largest absolute Gasteiger partial charge is 0.492 e. The maximum absolute atomic E-state index is 12.7. The van der Waals surface area contributed by atoms with Crippen molar-refractivity contribution in [2.24, 2.45) is 0 Å². The molecule has 4 rings (SSSR count). The number of nitrogens with zero attached hydrogens (tertiary/aromatic N) is 1. The number of H-pyrrole nitrogens is 1. The zero-order valence-corrected chi connectivity index (χ0v) is 21.5. The third-order valence-electron chi connectivity index (χ3n) is 6.91. The molecule has 1 atom stereocenters. The minimum atomic E-state index is -0.0791. The van der Waals surface area contributed by atoms with Gasteiger partial charge in [0.15, 0.2) is 0 Å². The molecule has 0 spiro atoms. The molecule has 1 amide bonds. The number of aromatic nitrogens is 1. The Hall–Kier alpha value is -2.57. The lowest BCUT2D eigenvalue weighted by molar-refractivity contribution is -0.119. The van der Waals surface area contributed by atoms with Crippen LogP contribution in [0.15, 0.2) is 41.2 Å². The van der Waals surface area contributed by atoms with Crippen LogP contribution in [0.4, 0.5) is 0 Å². The second-order valence-electron chi connectivity index (χ2n) is 9.45.